The summed E-state index contributed by atoms with van der Waals surface area (Å²) in [5.41, 5.74) is -4.81. The third kappa shape index (κ3) is 24.7. The fourth-order valence-electron chi connectivity index (χ4n) is 10.0. The molecule has 0 spiro atoms. The van der Waals surface area contributed by atoms with Gasteiger partial charge in [0.1, 0.15) is 46.8 Å². The molecule has 1 saturated carbocycles. The number of aliphatic hydroxyl groups is 1. The number of aliphatic hydroxyl groups excluding tert-OH is 1. The highest BCUT2D eigenvalue weighted by atomic mass is 16.3. The summed E-state index contributed by atoms with van der Waals surface area (Å²) < 4.78 is 0. The van der Waals surface area contributed by atoms with Crippen molar-refractivity contribution in [3.8, 4) is 0 Å². The highest BCUT2D eigenvalue weighted by molar-refractivity contribution is 6.00. The average Bonchev–Trinajstić information content (AvgIpc) is 4.02. The molecule has 82 heavy (non-hydrogen) atoms. The number of hydrogen-bond acceptors (Lipinski definition) is 12. The van der Waals surface area contributed by atoms with E-state index in [1.54, 1.807) is 13.8 Å². The molecule has 22 heteroatoms. The number of allylic oxidation sites excluding steroid dienone is 1. The molecule has 2 fully saturated rings. The second-order valence-corrected chi connectivity index (χ2v) is 26.2. The molecule has 0 unspecified atom stereocenters. The van der Waals surface area contributed by atoms with E-state index in [-0.39, 0.29) is 67.8 Å². The van der Waals surface area contributed by atoms with Crippen LogP contribution in [0.15, 0.2) is 12.2 Å². The van der Waals surface area contributed by atoms with Crippen molar-refractivity contribution in [2.24, 2.45) is 29.6 Å². The predicted molar refractivity (Wildman–Crippen MR) is 317 cm³/mol. The van der Waals surface area contributed by atoms with Crippen LogP contribution in [0.25, 0.3) is 0 Å². The van der Waals surface area contributed by atoms with Crippen molar-refractivity contribution in [1.29, 1.82) is 0 Å². The maximum Gasteiger partial charge on any atom is 0.246 e. The van der Waals surface area contributed by atoms with Crippen LogP contribution in [0, 0.1) is 29.6 Å². The quantitative estimate of drug-likeness (QED) is 0.0424. The summed E-state index contributed by atoms with van der Waals surface area (Å²) in [6.07, 6.45) is 10.1. The lowest BCUT2D eigenvalue weighted by atomic mass is 9.85. The zero-order valence-electron chi connectivity index (χ0n) is 52.8. The summed E-state index contributed by atoms with van der Waals surface area (Å²) in [5.74, 6) is -6.39. The molecular formula is C60H107N11O11. The lowest BCUT2D eigenvalue weighted by Crippen LogP contribution is -2.66. The SMILES string of the molecule is CC[C@H](C)/C=C/C(=O)N1CCC[C@H]1C(=O)N[C@@H](CCC1CCCCC1)C(=O)N[C@H](C(=O)NC(C)(C)C(=O)N[C@@H](CC(C)C)C(=O)N[C@@H](CC(C)C)C(=O)NC(C)(C)C(=O)NC(C)(C)C(=O)NCCC(=O)N[C@@H](C)CN(C)C)[C@H](O)C(C)C. The standard InChI is InChI=1S/C60H107N11O11/c1-18-39(8)26-29-47(73)71-32-22-25-45(71)53(78)63-42(28-27-41-23-20-19-21-24-41)50(75)66-48(49(74)38(6)7)54(79)68-59(12,13)56(81)65-43(33-36(2)3)51(76)64-44(34-37(4)5)52(77)67-60(14,15)57(82)69-58(10,11)55(80)61-31-30-46(72)62-40(9)35-70(16)17/h26,29,36-45,48-49,74H,18-25,27-28,30-35H2,1-17H3,(H,61,80)(H,62,72)(H,63,78)(H,64,76)(H,65,81)(H,66,75)(H,67,77)(H,68,79)(H,69,82)/b29-26+/t39-,40-,42-,43-,44-,45-,48-,49+/m0/s1. The summed E-state index contributed by atoms with van der Waals surface area (Å²) in [7, 11) is 3.79. The first kappa shape index (κ1) is 72.5. The van der Waals surface area contributed by atoms with Crippen LogP contribution >= 0.6 is 0 Å². The minimum absolute atomic E-state index is 0.0218. The molecule has 1 saturated heterocycles. The molecule has 1 heterocycles. The summed E-state index contributed by atoms with van der Waals surface area (Å²) >= 11 is 0. The van der Waals surface area contributed by atoms with E-state index in [0.29, 0.717) is 38.3 Å². The van der Waals surface area contributed by atoms with Gasteiger partial charge in [-0.3, -0.25) is 47.9 Å². The molecule has 1 aliphatic heterocycles. The smallest absolute Gasteiger partial charge is 0.246 e. The lowest BCUT2D eigenvalue weighted by Gasteiger charge is -2.34. The summed E-state index contributed by atoms with van der Waals surface area (Å²) in [6, 6.07) is -6.00. The minimum atomic E-state index is -1.75. The van der Waals surface area contributed by atoms with Crippen LogP contribution in [0.4, 0.5) is 0 Å². The number of amides is 10. The predicted octanol–water partition coefficient (Wildman–Crippen LogP) is 3.25. The first-order valence-corrected chi connectivity index (χ1v) is 30.1. The maximum atomic E-state index is 14.4. The van der Waals surface area contributed by atoms with Crippen molar-refractivity contribution in [2.75, 3.05) is 33.7 Å². The number of carbonyl (C=O) groups is 10. The number of likely N-dealkylation sites (tertiary alicyclic amines) is 1. The maximum absolute atomic E-state index is 14.4. The Kier molecular flexibility index (Phi) is 29.7. The third-order valence-corrected chi connectivity index (χ3v) is 15.2. The van der Waals surface area contributed by atoms with Crippen LogP contribution in [0.5, 0.6) is 0 Å². The van der Waals surface area contributed by atoms with E-state index in [2.05, 4.69) is 47.9 Å². The third-order valence-electron chi connectivity index (χ3n) is 15.2. The number of nitrogens with zero attached hydrogens (tertiary/aromatic N) is 2. The summed E-state index contributed by atoms with van der Waals surface area (Å²) in [4.78, 5) is 142. The van der Waals surface area contributed by atoms with Gasteiger partial charge in [-0.25, -0.2) is 0 Å². The molecule has 2 aliphatic rings. The lowest BCUT2D eigenvalue weighted by molar-refractivity contribution is -0.140. The zero-order chi connectivity index (χ0) is 62.4. The average molecular weight is 1160 g/mol. The van der Waals surface area contributed by atoms with Crippen molar-refractivity contribution in [3.05, 3.63) is 12.2 Å². The molecule has 10 amide bonds. The van der Waals surface area contributed by atoms with Crippen LogP contribution in [0.2, 0.25) is 0 Å². The van der Waals surface area contributed by atoms with Gasteiger partial charge < -0.3 is 62.8 Å². The Morgan fingerprint density at radius 1 is 0.622 bits per heavy atom. The Bertz CT molecular complexity index is 2190. The van der Waals surface area contributed by atoms with Gasteiger partial charge in [-0.1, -0.05) is 100.0 Å². The Labute approximate surface area is 489 Å². The zero-order valence-corrected chi connectivity index (χ0v) is 52.8. The molecule has 0 aromatic carbocycles. The van der Waals surface area contributed by atoms with Crippen molar-refractivity contribution < 1.29 is 53.1 Å². The molecule has 468 valence electrons. The van der Waals surface area contributed by atoms with Gasteiger partial charge in [-0.15, -0.1) is 0 Å². The molecule has 1 aliphatic carbocycles. The van der Waals surface area contributed by atoms with Crippen LogP contribution in [-0.2, 0) is 47.9 Å². The molecule has 22 nitrogen and oxygen atoms in total. The second kappa shape index (κ2) is 33.6. The fourth-order valence-corrected chi connectivity index (χ4v) is 10.0. The number of carbonyl (C=O) groups excluding carboxylic acids is 10. The number of rotatable bonds is 33. The monoisotopic (exact) mass is 1160 g/mol. The van der Waals surface area contributed by atoms with Crippen molar-refractivity contribution in [2.45, 2.75) is 246 Å². The van der Waals surface area contributed by atoms with Gasteiger partial charge in [0.25, 0.3) is 0 Å². The van der Waals surface area contributed by atoms with Gasteiger partial charge in [0.05, 0.1) is 6.10 Å². The molecule has 10 N–H and O–H groups in total. The van der Waals surface area contributed by atoms with E-state index in [4.69, 9.17) is 0 Å². The Balaban J connectivity index is 2.28. The van der Waals surface area contributed by atoms with E-state index in [9.17, 15) is 53.1 Å². The highest BCUT2D eigenvalue weighted by Gasteiger charge is 2.42. The van der Waals surface area contributed by atoms with Crippen LogP contribution in [0.3, 0.4) is 0 Å². The van der Waals surface area contributed by atoms with E-state index in [1.807, 2.05) is 73.5 Å². The summed E-state index contributed by atoms with van der Waals surface area (Å²) in [6.45, 7) is 26.3. The minimum Gasteiger partial charge on any atom is -0.390 e. The molecule has 0 radical (unpaired) electrons. The summed E-state index contributed by atoms with van der Waals surface area (Å²) in [5, 5.41) is 36.3. The fraction of sp³-hybridized carbons (Fsp3) is 0.800. The normalized spacial score (nSPS) is 18.0. The molecular weight excluding hydrogens is 1050 g/mol. The van der Waals surface area contributed by atoms with Crippen molar-refractivity contribution in [1.82, 2.24) is 57.7 Å². The molecule has 0 aromatic rings. The van der Waals surface area contributed by atoms with Gasteiger partial charge in [0, 0.05) is 32.1 Å². The number of hydrogen-bond donors (Lipinski definition) is 10. The van der Waals surface area contributed by atoms with Gasteiger partial charge >= 0.3 is 0 Å². The van der Waals surface area contributed by atoms with Gasteiger partial charge in [0.15, 0.2) is 0 Å². The number of likely N-dealkylation sites (N-methyl/N-ethyl adjacent to an activating group) is 1. The number of nitrogens with one attached hydrogen (secondary N) is 9. The van der Waals surface area contributed by atoms with E-state index in [0.717, 1.165) is 38.5 Å². The van der Waals surface area contributed by atoms with E-state index < -0.39 is 106 Å². The molecule has 2 rings (SSSR count). The second-order valence-electron chi connectivity index (χ2n) is 26.2. The Hall–Kier alpha value is -5.64. The molecule has 8 atom stereocenters. The Morgan fingerprint density at radius 2 is 1.17 bits per heavy atom. The topological polar surface area (TPSA) is 306 Å². The van der Waals surface area contributed by atoms with Crippen LogP contribution in [0.1, 0.15) is 187 Å². The first-order chi connectivity index (χ1) is 38.0. The van der Waals surface area contributed by atoms with Gasteiger partial charge in [-0.2, -0.15) is 0 Å². The van der Waals surface area contributed by atoms with Crippen molar-refractivity contribution >= 4 is 59.1 Å². The van der Waals surface area contributed by atoms with E-state index >= 15 is 0 Å². The molecule has 0 aromatic heterocycles. The first-order valence-electron chi connectivity index (χ1n) is 30.1. The highest BCUT2D eigenvalue weighted by Crippen LogP contribution is 2.28. The van der Waals surface area contributed by atoms with Crippen LogP contribution in [-0.4, -0.2) is 167 Å². The van der Waals surface area contributed by atoms with Crippen LogP contribution < -0.4 is 47.9 Å². The van der Waals surface area contributed by atoms with Gasteiger partial charge in [-0.05, 0) is 137 Å². The van der Waals surface area contributed by atoms with Gasteiger partial charge in [0.2, 0.25) is 59.1 Å². The van der Waals surface area contributed by atoms with E-state index in [1.165, 1.54) is 52.5 Å². The molecule has 0 bridgehead atoms. The largest absolute Gasteiger partial charge is 0.390 e. The Morgan fingerprint density at radius 3 is 1.73 bits per heavy atom. The van der Waals surface area contributed by atoms with Crippen molar-refractivity contribution in [3.63, 3.8) is 0 Å².